The van der Waals surface area contributed by atoms with Crippen molar-refractivity contribution in [1.82, 2.24) is 30.3 Å². The van der Waals surface area contributed by atoms with Crippen molar-refractivity contribution in [2.24, 2.45) is 0 Å². The summed E-state index contributed by atoms with van der Waals surface area (Å²) in [6.07, 6.45) is 0.744. The van der Waals surface area contributed by atoms with Crippen LogP contribution in [0, 0.1) is 0 Å². The van der Waals surface area contributed by atoms with Crippen LogP contribution in [-0.2, 0) is 12.2 Å². The Bertz CT molecular complexity index is 743. The molecule has 2 heterocycles. The van der Waals surface area contributed by atoms with Gasteiger partial charge < -0.3 is 4.52 Å². The van der Waals surface area contributed by atoms with Gasteiger partial charge in [-0.2, -0.15) is 9.67 Å². The maximum atomic E-state index is 5.98. The Hall–Kier alpha value is -1.93. The van der Waals surface area contributed by atoms with Crippen LogP contribution in [0.4, 0.5) is 0 Å². The van der Waals surface area contributed by atoms with Crippen molar-refractivity contribution in [2.45, 2.75) is 24.3 Å². The predicted octanol–water partition coefficient (Wildman–Crippen LogP) is 2.55. The number of tetrazole rings is 1. The third-order valence-corrected chi connectivity index (χ3v) is 3.78. The monoisotopic (exact) mass is 322 g/mol. The van der Waals surface area contributed by atoms with Gasteiger partial charge in [-0.3, -0.25) is 0 Å². The van der Waals surface area contributed by atoms with Crippen molar-refractivity contribution in [1.29, 1.82) is 0 Å². The molecule has 0 radical (unpaired) electrons. The van der Waals surface area contributed by atoms with Crippen LogP contribution in [0.1, 0.15) is 18.6 Å². The molecule has 7 nitrogen and oxygen atoms in total. The number of thioether (sulfide) groups is 1. The Balaban J connectivity index is 1.76. The van der Waals surface area contributed by atoms with E-state index in [-0.39, 0.29) is 0 Å². The van der Waals surface area contributed by atoms with Gasteiger partial charge in [0.05, 0.1) is 11.4 Å². The van der Waals surface area contributed by atoms with Crippen LogP contribution in [0.2, 0.25) is 5.02 Å². The third-order valence-electron chi connectivity index (χ3n) is 2.64. The molecule has 9 heteroatoms. The second kappa shape index (κ2) is 6.23. The molecule has 0 aliphatic rings. The first-order chi connectivity index (χ1) is 10.3. The number of aryl methyl sites for hydroxylation is 1. The van der Waals surface area contributed by atoms with E-state index in [0.29, 0.717) is 27.6 Å². The molecule has 3 rings (SSSR count). The van der Waals surface area contributed by atoms with Crippen LogP contribution in [0.15, 0.2) is 33.9 Å². The van der Waals surface area contributed by atoms with Gasteiger partial charge in [0, 0.05) is 11.4 Å². The van der Waals surface area contributed by atoms with E-state index < -0.39 is 0 Å². The standard InChI is InChI=1S/C12H11ClN6OS/c1-2-10-14-11(20-16-10)7-21-12-15-17-18-19(12)9-5-3-4-8(13)6-9/h3-6H,2,7H2,1H3. The lowest BCUT2D eigenvalue weighted by atomic mass is 10.3. The quantitative estimate of drug-likeness (QED) is 0.667. The lowest BCUT2D eigenvalue weighted by Crippen LogP contribution is -1.99. The maximum absolute atomic E-state index is 5.98. The fourth-order valence-corrected chi connectivity index (χ4v) is 2.57. The van der Waals surface area contributed by atoms with Crippen molar-refractivity contribution >= 4 is 23.4 Å². The molecule has 3 aromatic rings. The van der Waals surface area contributed by atoms with Gasteiger partial charge in [0.1, 0.15) is 0 Å². The Morgan fingerprint density at radius 1 is 1.38 bits per heavy atom. The predicted molar refractivity (Wildman–Crippen MR) is 77.4 cm³/mol. The molecule has 0 fully saturated rings. The minimum atomic E-state index is 0.508. The highest BCUT2D eigenvalue weighted by Gasteiger charge is 2.12. The molecule has 1 aromatic carbocycles. The van der Waals surface area contributed by atoms with Crippen LogP contribution >= 0.6 is 23.4 Å². The molecule has 0 aliphatic carbocycles. The van der Waals surface area contributed by atoms with E-state index in [2.05, 4.69) is 25.7 Å². The van der Waals surface area contributed by atoms with E-state index in [1.807, 2.05) is 19.1 Å². The largest absolute Gasteiger partial charge is 0.338 e. The highest BCUT2D eigenvalue weighted by atomic mass is 35.5. The second-order valence-corrected chi connectivity index (χ2v) is 5.48. The molecule has 0 spiro atoms. The van der Waals surface area contributed by atoms with Crippen LogP contribution in [-0.4, -0.2) is 30.3 Å². The third kappa shape index (κ3) is 3.22. The fourth-order valence-electron chi connectivity index (χ4n) is 1.66. The van der Waals surface area contributed by atoms with E-state index >= 15 is 0 Å². The van der Waals surface area contributed by atoms with Gasteiger partial charge in [-0.15, -0.1) is 5.10 Å². The summed E-state index contributed by atoms with van der Waals surface area (Å²) in [7, 11) is 0. The molecule has 0 N–H and O–H groups in total. The van der Waals surface area contributed by atoms with Crippen molar-refractivity contribution in [3.05, 3.63) is 41.0 Å². The first-order valence-corrected chi connectivity index (χ1v) is 7.61. The molecule has 0 aliphatic heterocycles. The van der Waals surface area contributed by atoms with Gasteiger partial charge in [0.15, 0.2) is 5.82 Å². The van der Waals surface area contributed by atoms with Gasteiger partial charge in [0.2, 0.25) is 11.0 Å². The Labute approximate surface area is 129 Å². The topological polar surface area (TPSA) is 82.5 Å². The van der Waals surface area contributed by atoms with Crippen molar-refractivity contribution in [3.8, 4) is 5.69 Å². The summed E-state index contributed by atoms with van der Waals surface area (Å²) in [5, 5.41) is 16.8. The minimum absolute atomic E-state index is 0.508. The Morgan fingerprint density at radius 2 is 2.29 bits per heavy atom. The molecule has 0 unspecified atom stereocenters. The zero-order valence-corrected chi connectivity index (χ0v) is 12.7. The molecule has 0 saturated carbocycles. The molecular formula is C12H11ClN6OS. The van der Waals surface area contributed by atoms with Crippen LogP contribution in [0.5, 0.6) is 0 Å². The van der Waals surface area contributed by atoms with E-state index in [9.17, 15) is 0 Å². The Kier molecular flexibility index (Phi) is 4.16. The van der Waals surface area contributed by atoms with Crippen LogP contribution < -0.4 is 0 Å². The lowest BCUT2D eigenvalue weighted by molar-refractivity contribution is 0.385. The van der Waals surface area contributed by atoms with Crippen LogP contribution in [0.3, 0.4) is 0 Å². The molecule has 0 bridgehead atoms. The summed E-state index contributed by atoms with van der Waals surface area (Å²) in [4.78, 5) is 4.25. The minimum Gasteiger partial charge on any atom is -0.338 e. The van der Waals surface area contributed by atoms with Gasteiger partial charge in [0.25, 0.3) is 0 Å². The number of rotatable bonds is 5. The average Bonchev–Trinajstić information content (AvgIpc) is 3.14. The molecule has 108 valence electrons. The normalized spacial score (nSPS) is 11.0. The zero-order valence-electron chi connectivity index (χ0n) is 11.1. The zero-order chi connectivity index (χ0) is 14.7. The first-order valence-electron chi connectivity index (χ1n) is 6.25. The van der Waals surface area contributed by atoms with Gasteiger partial charge in [-0.25, -0.2) is 0 Å². The van der Waals surface area contributed by atoms with Crippen molar-refractivity contribution < 1.29 is 4.52 Å². The van der Waals surface area contributed by atoms with Crippen LogP contribution in [0.25, 0.3) is 5.69 Å². The van der Waals surface area contributed by atoms with Crippen molar-refractivity contribution in [2.75, 3.05) is 0 Å². The van der Waals surface area contributed by atoms with Crippen molar-refractivity contribution in [3.63, 3.8) is 0 Å². The summed E-state index contributed by atoms with van der Waals surface area (Å²) in [5.74, 6) is 1.76. The molecule has 0 atom stereocenters. The number of aromatic nitrogens is 6. The number of nitrogens with zero attached hydrogens (tertiary/aromatic N) is 6. The summed E-state index contributed by atoms with van der Waals surface area (Å²) in [6, 6.07) is 7.32. The molecule has 0 saturated heterocycles. The average molecular weight is 323 g/mol. The summed E-state index contributed by atoms with van der Waals surface area (Å²) < 4.78 is 6.76. The molecule has 2 aromatic heterocycles. The molecule has 0 amide bonds. The van der Waals surface area contributed by atoms with Gasteiger partial charge in [-0.05, 0) is 28.6 Å². The smallest absolute Gasteiger partial charge is 0.237 e. The van der Waals surface area contributed by atoms with E-state index in [4.69, 9.17) is 16.1 Å². The highest BCUT2D eigenvalue weighted by Crippen LogP contribution is 2.23. The van der Waals surface area contributed by atoms with E-state index in [0.717, 1.165) is 12.1 Å². The SMILES string of the molecule is CCc1noc(CSc2nnnn2-c2cccc(Cl)c2)n1. The van der Waals surface area contributed by atoms with E-state index in [1.54, 1.807) is 16.8 Å². The van der Waals surface area contributed by atoms with Gasteiger partial charge in [-0.1, -0.05) is 41.5 Å². The summed E-state index contributed by atoms with van der Waals surface area (Å²) in [5.41, 5.74) is 0.801. The number of hydrogen-bond donors (Lipinski definition) is 0. The number of halogens is 1. The number of benzene rings is 1. The fraction of sp³-hybridized carbons (Fsp3) is 0.250. The first kappa shape index (κ1) is 14.0. The second-order valence-electron chi connectivity index (χ2n) is 4.10. The van der Waals surface area contributed by atoms with Gasteiger partial charge >= 0.3 is 0 Å². The lowest BCUT2D eigenvalue weighted by Gasteiger charge is -2.03. The highest BCUT2D eigenvalue weighted by molar-refractivity contribution is 7.98. The number of hydrogen-bond acceptors (Lipinski definition) is 7. The maximum Gasteiger partial charge on any atom is 0.237 e. The molecule has 21 heavy (non-hydrogen) atoms. The van der Waals surface area contributed by atoms with E-state index in [1.165, 1.54) is 11.8 Å². The Morgan fingerprint density at radius 3 is 3.05 bits per heavy atom. The summed E-state index contributed by atoms with van der Waals surface area (Å²) >= 11 is 7.40. The molecular weight excluding hydrogens is 312 g/mol. The summed E-state index contributed by atoms with van der Waals surface area (Å²) in [6.45, 7) is 1.97.